The molecule has 8 heteroatoms. The van der Waals surface area contributed by atoms with Gasteiger partial charge in [0.1, 0.15) is 0 Å². The SMILES string of the molecule is O=C(CCCCCN1C(=O)[C@@H]2[C@H]3C[C@@H]([C@H](Br)[C@H]3Br)[C@H]2C1=O)Nc1ccc(Br)cc1. The number of likely N-dealkylation sites (tertiary alicyclic amines) is 1. The van der Waals surface area contributed by atoms with Crippen molar-refractivity contribution in [3.63, 3.8) is 0 Å². The van der Waals surface area contributed by atoms with Crippen molar-refractivity contribution < 1.29 is 14.4 Å². The van der Waals surface area contributed by atoms with E-state index in [0.29, 0.717) is 13.0 Å². The van der Waals surface area contributed by atoms with Crippen LogP contribution in [0.3, 0.4) is 0 Å². The molecule has 2 bridgehead atoms. The zero-order valence-electron chi connectivity index (χ0n) is 15.8. The molecule has 156 valence electrons. The lowest BCUT2D eigenvalue weighted by Crippen LogP contribution is -2.37. The highest BCUT2D eigenvalue weighted by molar-refractivity contribution is 9.12. The highest BCUT2D eigenvalue weighted by atomic mass is 79.9. The van der Waals surface area contributed by atoms with E-state index in [1.54, 1.807) is 0 Å². The number of carbonyl (C=O) groups excluding carboxylic acids is 3. The van der Waals surface area contributed by atoms with Crippen molar-refractivity contribution in [3.8, 4) is 0 Å². The fraction of sp³-hybridized carbons (Fsp3) is 0.571. The number of imide groups is 1. The predicted molar refractivity (Wildman–Crippen MR) is 122 cm³/mol. The second-order valence-electron chi connectivity index (χ2n) is 8.20. The minimum atomic E-state index is -0.137. The maximum atomic E-state index is 12.8. The van der Waals surface area contributed by atoms with Crippen molar-refractivity contribution in [1.82, 2.24) is 4.90 Å². The summed E-state index contributed by atoms with van der Waals surface area (Å²) in [6.07, 6.45) is 3.69. The summed E-state index contributed by atoms with van der Waals surface area (Å²) in [5.74, 6) is 0.271. The van der Waals surface area contributed by atoms with Crippen LogP contribution < -0.4 is 5.32 Å². The third-order valence-corrected chi connectivity index (χ3v) is 10.2. The first-order valence-corrected chi connectivity index (χ1v) is 12.7. The zero-order chi connectivity index (χ0) is 20.7. The number of fused-ring (bicyclic) bond motifs is 5. The Bertz CT molecular complexity index is 784. The van der Waals surface area contributed by atoms with Gasteiger partial charge in [-0.1, -0.05) is 54.2 Å². The minimum absolute atomic E-state index is 0.0153. The summed E-state index contributed by atoms with van der Waals surface area (Å²) in [6, 6.07) is 7.48. The number of anilines is 1. The van der Waals surface area contributed by atoms with Gasteiger partial charge in [-0.3, -0.25) is 19.3 Å². The molecule has 1 N–H and O–H groups in total. The third-order valence-electron chi connectivity index (χ3n) is 6.49. The number of rotatable bonds is 7. The number of benzene rings is 1. The van der Waals surface area contributed by atoms with Crippen LogP contribution in [-0.2, 0) is 14.4 Å². The van der Waals surface area contributed by atoms with Gasteiger partial charge >= 0.3 is 0 Å². The molecular formula is C21H23Br3N2O3. The van der Waals surface area contributed by atoms with Gasteiger partial charge in [-0.15, -0.1) is 0 Å². The van der Waals surface area contributed by atoms with E-state index in [0.717, 1.165) is 35.8 Å². The number of unbranched alkanes of at least 4 members (excludes halogenated alkanes) is 2. The average molecular weight is 591 g/mol. The van der Waals surface area contributed by atoms with Gasteiger partial charge in [-0.2, -0.15) is 0 Å². The van der Waals surface area contributed by atoms with Gasteiger partial charge in [0.15, 0.2) is 0 Å². The second kappa shape index (κ2) is 8.79. The molecule has 4 rings (SSSR count). The Labute approximate surface area is 195 Å². The van der Waals surface area contributed by atoms with Crippen LogP contribution in [0.15, 0.2) is 28.7 Å². The van der Waals surface area contributed by atoms with Crippen LogP contribution in [-0.4, -0.2) is 38.8 Å². The smallest absolute Gasteiger partial charge is 0.233 e. The first-order chi connectivity index (χ1) is 13.9. The predicted octanol–water partition coefficient (Wildman–Crippen LogP) is 4.73. The van der Waals surface area contributed by atoms with Crippen molar-refractivity contribution in [2.75, 3.05) is 11.9 Å². The van der Waals surface area contributed by atoms with Crippen LogP contribution in [0.4, 0.5) is 5.69 Å². The van der Waals surface area contributed by atoms with E-state index in [2.05, 4.69) is 53.1 Å². The van der Waals surface area contributed by atoms with Gasteiger partial charge in [0.2, 0.25) is 17.7 Å². The molecule has 1 saturated heterocycles. The molecule has 1 heterocycles. The molecule has 29 heavy (non-hydrogen) atoms. The number of nitrogens with zero attached hydrogens (tertiary/aromatic N) is 1. The lowest BCUT2D eigenvalue weighted by atomic mass is 9.81. The molecule has 2 aliphatic carbocycles. The Morgan fingerprint density at radius 1 is 0.966 bits per heavy atom. The lowest BCUT2D eigenvalue weighted by molar-refractivity contribution is -0.140. The number of amides is 3. The number of hydrogen-bond acceptors (Lipinski definition) is 3. The fourth-order valence-corrected chi connectivity index (χ4v) is 7.26. The van der Waals surface area contributed by atoms with Crippen molar-refractivity contribution in [2.45, 2.75) is 41.8 Å². The number of alkyl halides is 2. The summed E-state index contributed by atoms with van der Waals surface area (Å²) in [7, 11) is 0. The Hall–Kier alpha value is -0.730. The van der Waals surface area contributed by atoms with Gasteiger partial charge in [-0.05, 0) is 55.4 Å². The second-order valence-corrected chi connectivity index (χ2v) is 11.2. The molecule has 0 spiro atoms. The van der Waals surface area contributed by atoms with Gasteiger partial charge in [0.25, 0.3) is 0 Å². The molecule has 0 unspecified atom stereocenters. The van der Waals surface area contributed by atoms with E-state index >= 15 is 0 Å². The summed E-state index contributed by atoms with van der Waals surface area (Å²) in [5.41, 5.74) is 0.780. The van der Waals surface area contributed by atoms with Crippen molar-refractivity contribution in [2.24, 2.45) is 23.7 Å². The average Bonchev–Trinajstić information content (AvgIpc) is 3.29. The normalized spacial score (nSPS) is 32.7. The molecule has 3 amide bonds. The molecule has 1 aromatic rings. The van der Waals surface area contributed by atoms with E-state index in [4.69, 9.17) is 0 Å². The molecule has 5 nitrogen and oxygen atoms in total. The van der Waals surface area contributed by atoms with Crippen LogP contribution >= 0.6 is 47.8 Å². The van der Waals surface area contributed by atoms with Crippen LogP contribution in [0.1, 0.15) is 32.1 Å². The molecule has 0 aromatic heterocycles. The van der Waals surface area contributed by atoms with Gasteiger partial charge < -0.3 is 5.32 Å². The number of halogens is 3. The molecule has 1 aliphatic heterocycles. The van der Waals surface area contributed by atoms with Crippen molar-refractivity contribution in [3.05, 3.63) is 28.7 Å². The van der Waals surface area contributed by atoms with E-state index in [-0.39, 0.29) is 51.0 Å². The Morgan fingerprint density at radius 2 is 1.55 bits per heavy atom. The minimum Gasteiger partial charge on any atom is -0.326 e. The van der Waals surface area contributed by atoms with E-state index in [1.165, 1.54) is 4.90 Å². The summed E-state index contributed by atoms with van der Waals surface area (Å²) >= 11 is 10.8. The van der Waals surface area contributed by atoms with Crippen LogP contribution in [0.25, 0.3) is 0 Å². The maximum Gasteiger partial charge on any atom is 0.233 e. The third kappa shape index (κ3) is 4.09. The number of carbonyl (C=O) groups is 3. The first-order valence-electron chi connectivity index (χ1n) is 10.1. The van der Waals surface area contributed by atoms with E-state index in [1.807, 2.05) is 24.3 Å². The highest BCUT2D eigenvalue weighted by Crippen LogP contribution is 2.60. The van der Waals surface area contributed by atoms with Gasteiger partial charge in [0.05, 0.1) is 11.8 Å². The number of hydrogen-bond donors (Lipinski definition) is 1. The van der Waals surface area contributed by atoms with Crippen LogP contribution in [0.5, 0.6) is 0 Å². The zero-order valence-corrected chi connectivity index (χ0v) is 20.6. The Balaban J connectivity index is 1.20. The fourth-order valence-electron chi connectivity index (χ4n) is 5.12. The Kier molecular flexibility index (Phi) is 6.52. The summed E-state index contributed by atoms with van der Waals surface area (Å²) in [6.45, 7) is 0.471. The largest absolute Gasteiger partial charge is 0.326 e. The maximum absolute atomic E-state index is 12.8. The topological polar surface area (TPSA) is 66.5 Å². The molecule has 2 saturated carbocycles. The highest BCUT2D eigenvalue weighted by Gasteiger charge is 2.66. The monoisotopic (exact) mass is 588 g/mol. The number of nitrogens with one attached hydrogen (secondary N) is 1. The standard InChI is InChI=1S/C21H23Br3N2O3/c22-11-5-7-12(8-6-11)25-15(27)4-2-1-3-9-26-20(28)16-13-10-14(17(16)21(26)29)19(24)18(13)23/h5-8,13-14,16-19H,1-4,9-10H2,(H,25,27)/t13-,14-,16-,17-,18+,19+/m1/s1. The molecule has 3 aliphatic rings. The van der Waals surface area contributed by atoms with Crippen molar-refractivity contribution >= 4 is 71.2 Å². The summed E-state index contributed by atoms with van der Waals surface area (Å²) < 4.78 is 0.969. The van der Waals surface area contributed by atoms with Gasteiger partial charge in [-0.25, -0.2) is 0 Å². The molecular weight excluding hydrogens is 568 g/mol. The molecule has 6 atom stereocenters. The lowest BCUT2D eigenvalue weighted by Gasteiger charge is -2.28. The molecule has 0 radical (unpaired) electrons. The Morgan fingerprint density at radius 3 is 2.14 bits per heavy atom. The van der Waals surface area contributed by atoms with Crippen LogP contribution in [0.2, 0.25) is 0 Å². The van der Waals surface area contributed by atoms with Crippen molar-refractivity contribution in [1.29, 1.82) is 0 Å². The quantitative estimate of drug-likeness (QED) is 0.284. The van der Waals surface area contributed by atoms with Gasteiger partial charge in [0, 0.05) is 32.8 Å². The summed E-state index contributed by atoms with van der Waals surface area (Å²) in [4.78, 5) is 39.8. The van der Waals surface area contributed by atoms with Crippen LogP contribution in [0, 0.1) is 23.7 Å². The van der Waals surface area contributed by atoms with E-state index in [9.17, 15) is 14.4 Å². The molecule has 1 aromatic carbocycles. The first kappa shape index (κ1) is 21.5. The molecule has 3 fully saturated rings. The summed E-state index contributed by atoms with van der Waals surface area (Å²) in [5, 5.41) is 2.88. The van der Waals surface area contributed by atoms with E-state index < -0.39 is 0 Å².